The van der Waals surface area contributed by atoms with Crippen LogP contribution in [0.15, 0.2) is 21.8 Å². The summed E-state index contributed by atoms with van der Waals surface area (Å²) >= 11 is 2.18. The fourth-order valence-corrected chi connectivity index (χ4v) is 4.60. The molecule has 0 spiro atoms. The molecule has 31 heavy (non-hydrogen) atoms. The number of thioether (sulfide) groups is 1. The van der Waals surface area contributed by atoms with E-state index in [2.05, 4.69) is 25.6 Å². The zero-order chi connectivity index (χ0) is 22.7. The molecular formula is C16H17N5O8S2. The second kappa shape index (κ2) is 9.22. The second-order valence-electron chi connectivity index (χ2n) is 6.29. The molecule has 0 aromatic carbocycles. The molecule has 1 aromatic heterocycles. The van der Waals surface area contributed by atoms with Gasteiger partial charge < -0.3 is 36.2 Å². The third-order valence-corrected chi connectivity index (χ3v) is 6.08. The van der Waals surface area contributed by atoms with Crippen LogP contribution < -0.4 is 16.4 Å². The summed E-state index contributed by atoms with van der Waals surface area (Å²) in [6, 6.07) is -1.48. The summed E-state index contributed by atoms with van der Waals surface area (Å²) in [5.41, 5.74) is 5.99. The number of cyclic esters (lactones) is 1. The number of aromatic nitrogens is 1. The molecule has 1 aromatic rings. The van der Waals surface area contributed by atoms with Crippen molar-refractivity contribution in [2.24, 2.45) is 5.16 Å². The first kappa shape index (κ1) is 22.4. The molecule has 13 nitrogen and oxygen atoms in total. The minimum atomic E-state index is -1.48. The molecule has 1 unspecified atom stereocenters. The Morgan fingerprint density at radius 3 is 2.84 bits per heavy atom. The largest absolute Gasteiger partial charge is 0.480 e. The van der Waals surface area contributed by atoms with Crippen LogP contribution in [0.2, 0.25) is 0 Å². The number of hydrogen-bond acceptors (Lipinski definition) is 12. The van der Waals surface area contributed by atoms with E-state index in [4.69, 9.17) is 15.6 Å². The normalized spacial score (nSPS) is 21.6. The van der Waals surface area contributed by atoms with Crippen molar-refractivity contribution in [3.8, 4) is 0 Å². The van der Waals surface area contributed by atoms with Crippen LogP contribution in [0.4, 0.5) is 5.13 Å². The number of rotatable bonds is 8. The SMILES string of the molecule is CC1OC(=O)C2=C1CS[C@H]([C@H](NC(=O)/C(=N\OCC(=O)O)c1csc(N)n1)C(=O)O)N2. The van der Waals surface area contributed by atoms with Gasteiger partial charge in [-0.15, -0.1) is 23.1 Å². The first-order valence-corrected chi connectivity index (χ1v) is 10.6. The van der Waals surface area contributed by atoms with Gasteiger partial charge in [0.2, 0.25) is 6.61 Å². The number of nitrogen functional groups attached to an aromatic ring is 1. The number of carboxylic acids is 2. The number of aliphatic carboxylic acids is 2. The molecular weight excluding hydrogens is 454 g/mol. The number of nitrogens with two attached hydrogens (primary N) is 1. The standard InChI is InChI=1S/C16H17N5O8S2/c1-5-6-3-30-13(20-9(6)15(27)29-5)11(14(25)26)19-12(24)10(21-28-2-8(22)23)7-4-31-16(17)18-7/h4-5,11,13,20H,2-3H2,1H3,(H2,17,18)(H,19,24)(H,22,23)(H,25,26)/b21-10-/t5?,11-,13+/m0/s1. The average Bonchev–Trinajstić information content (AvgIpc) is 3.25. The number of carbonyl (C=O) groups is 4. The lowest BCUT2D eigenvalue weighted by Gasteiger charge is -2.29. The van der Waals surface area contributed by atoms with E-state index in [1.807, 2.05) is 0 Å². The van der Waals surface area contributed by atoms with Gasteiger partial charge in [-0.05, 0) is 6.92 Å². The molecule has 0 radical (unpaired) electrons. The van der Waals surface area contributed by atoms with Crippen LogP contribution >= 0.6 is 23.1 Å². The number of nitrogens with one attached hydrogen (secondary N) is 2. The summed E-state index contributed by atoms with van der Waals surface area (Å²) in [5, 5.41) is 27.6. The Bertz CT molecular complexity index is 990. The van der Waals surface area contributed by atoms with E-state index >= 15 is 0 Å². The van der Waals surface area contributed by atoms with Gasteiger partial charge in [-0.25, -0.2) is 19.4 Å². The summed E-state index contributed by atoms with van der Waals surface area (Å²) in [6.45, 7) is 0.884. The fourth-order valence-electron chi connectivity index (χ4n) is 2.74. The number of anilines is 1. The molecule has 3 heterocycles. The molecule has 2 aliphatic heterocycles. The predicted octanol–water partition coefficient (Wildman–Crippen LogP) is -1.04. The first-order chi connectivity index (χ1) is 14.7. The zero-order valence-corrected chi connectivity index (χ0v) is 17.5. The van der Waals surface area contributed by atoms with Crippen LogP contribution in [0, 0.1) is 0 Å². The van der Waals surface area contributed by atoms with E-state index < -0.39 is 53.7 Å². The van der Waals surface area contributed by atoms with Crippen LogP contribution in [0.25, 0.3) is 0 Å². The highest BCUT2D eigenvalue weighted by molar-refractivity contribution is 8.00. The number of nitrogens with zero attached hydrogens (tertiary/aromatic N) is 2. The summed E-state index contributed by atoms with van der Waals surface area (Å²) in [7, 11) is 0. The molecule has 15 heteroatoms. The number of carboxylic acid groups (broad SMARTS) is 2. The van der Waals surface area contributed by atoms with Crippen LogP contribution in [-0.2, 0) is 28.8 Å². The van der Waals surface area contributed by atoms with Crippen LogP contribution in [-0.4, -0.2) is 74.6 Å². The Kier molecular flexibility index (Phi) is 6.65. The minimum Gasteiger partial charge on any atom is -0.480 e. The fraction of sp³-hybridized carbons (Fsp3) is 0.375. The van der Waals surface area contributed by atoms with Gasteiger partial charge in [0.15, 0.2) is 16.9 Å². The van der Waals surface area contributed by atoms with Gasteiger partial charge >= 0.3 is 17.9 Å². The van der Waals surface area contributed by atoms with Crippen molar-refractivity contribution in [2.45, 2.75) is 24.4 Å². The molecule has 6 N–H and O–H groups in total. The number of carbonyl (C=O) groups excluding carboxylic acids is 2. The van der Waals surface area contributed by atoms with Crippen molar-refractivity contribution in [3.05, 3.63) is 22.3 Å². The highest BCUT2D eigenvalue weighted by atomic mass is 32.2. The number of thiazole rings is 1. The van der Waals surface area contributed by atoms with Crippen molar-refractivity contribution in [1.29, 1.82) is 0 Å². The molecule has 0 bridgehead atoms. The number of hydrogen-bond donors (Lipinski definition) is 5. The van der Waals surface area contributed by atoms with E-state index in [1.165, 1.54) is 17.1 Å². The molecule has 0 fully saturated rings. The Morgan fingerprint density at radius 2 is 2.23 bits per heavy atom. The molecule has 0 saturated carbocycles. The number of amides is 1. The van der Waals surface area contributed by atoms with Gasteiger partial charge in [0.25, 0.3) is 5.91 Å². The topological polar surface area (TPSA) is 203 Å². The molecule has 0 saturated heterocycles. The summed E-state index contributed by atoms with van der Waals surface area (Å²) in [5.74, 6) is -3.93. The maximum Gasteiger partial charge on any atom is 0.355 e. The predicted molar refractivity (Wildman–Crippen MR) is 108 cm³/mol. The van der Waals surface area contributed by atoms with Crippen LogP contribution in [0.3, 0.4) is 0 Å². The number of esters is 1. The summed E-state index contributed by atoms with van der Waals surface area (Å²) in [6.07, 6.45) is -0.415. The number of ether oxygens (including phenoxy) is 1. The highest BCUT2D eigenvalue weighted by Crippen LogP contribution is 2.32. The lowest BCUT2D eigenvalue weighted by molar-refractivity contribution is -0.142. The maximum atomic E-state index is 12.8. The van der Waals surface area contributed by atoms with E-state index in [1.54, 1.807) is 6.92 Å². The van der Waals surface area contributed by atoms with Gasteiger partial charge in [0, 0.05) is 16.7 Å². The van der Waals surface area contributed by atoms with Gasteiger partial charge in [-0.1, -0.05) is 5.16 Å². The monoisotopic (exact) mass is 471 g/mol. The lowest BCUT2D eigenvalue weighted by atomic mass is 10.1. The quantitative estimate of drug-likeness (QED) is 0.175. The average molecular weight is 471 g/mol. The molecule has 3 atom stereocenters. The summed E-state index contributed by atoms with van der Waals surface area (Å²) in [4.78, 5) is 55.8. The van der Waals surface area contributed by atoms with Crippen LogP contribution in [0.5, 0.6) is 0 Å². The van der Waals surface area contributed by atoms with Gasteiger partial charge in [-0.2, -0.15) is 0 Å². The number of oxime groups is 1. The van der Waals surface area contributed by atoms with Crippen LogP contribution in [0.1, 0.15) is 12.6 Å². The molecule has 1 amide bonds. The molecule has 166 valence electrons. The highest BCUT2D eigenvalue weighted by Gasteiger charge is 2.41. The molecule has 2 aliphatic rings. The summed E-state index contributed by atoms with van der Waals surface area (Å²) < 4.78 is 5.11. The van der Waals surface area contributed by atoms with Gasteiger partial charge in [0.05, 0.1) is 0 Å². The Labute approximate surface area is 182 Å². The Balaban J connectivity index is 1.79. The third kappa shape index (κ3) is 5.05. The van der Waals surface area contributed by atoms with E-state index in [0.717, 1.165) is 11.3 Å². The third-order valence-electron chi connectivity index (χ3n) is 4.18. The smallest absolute Gasteiger partial charge is 0.355 e. The minimum absolute atomic E-state index is 0.0167. The van der Waals surface area contributed by atoms with Crippen molar-refractivity contribution in [1.82, 2.24) is 15.6 Å². The van der Waals surface area contributed by atoms with E-state index in [0.29, 0.717) is 11.3 Å². The molecule has 3 rings (SSSR count). The Hall–Kier alpha value is -3.33. The molecule has 0 aliphatic carbocycles. The van der Waals surface area contributed by atoms with Crippen molar-refractivity contribution >= 4 is 57.8 Å². The Morgan fingerprint density at radius 1 is 1.48 bits per heavy atom. The van der Waals surface area contributed by atoms with Crippen molar-refractivity contribution in [3.63, 3.8) is 0 Å². The van der Waals surface area contributed by atoms with E-state index in [9.17, 15) is 24.3 Å². The van der Waals surface area contributed by atoms with Gasteiger partial charge in [-0.3, -0.25) is 4.79 Å². The van der Waals surface area contributed by atoms with Crippen molar-refractivity contribution < 1.29 is 39.0 Å². The first-order valence-electron chi connectivity index (χ1n) is 8.66. The van der Waals surface area contributed by atoms with E-state index in [-0.39, 0.29) is 16.5 Å². The lowest BCUT2D eigenvalue weighted by Crippen LogP contribution is -2.55. The van der Waals surface area contributed by atoms with Crippen molar-refractivity contribution in [2.75, 3.05) is 18.1 Å². The zero-order valence-electron chi connectivity index (χ0n) is 15.9. The maximum absolute atomic E-state index is 12.8. The van der Waals surface area contributed by atoms with Gasteiger partial charge in [0.1, 0.15) is 22.9 Å². The second-order valence-corrected chi connectivity index (χ2v) is 8.31.